The van der Waals surface area contributed by atoms with Crippen molar-refractivity contribution in [3.63, 3.8) is 0 Å². The summed E-state index contributed by atoms with van der Waals surface area (Å²) in [5.41, 5.74) is 2.09. The quantitative estimate of drug-likeness (QED) is 0.597. The molecule has 0 fully saturated rings. The molecule has 0 N–H and O–H groups in total. The van der Waals surface area contributed by atoms with E-state index in [1.165, 1.54) is 0 Å². The fraction of sp³-hybridized carbons (Fsp3) is 0.500. The van der Waals surface area contributed by atoms with E-state index in [0.717, 1.165) is 47.6 Å². The summed E-state index contributed by atoms with van der Waals surface area (Å²) in [4.78, 5) is 24.1. The summed E-state index contributed by atoms with van der Waals surface area (Å²) in [5.74, 6) is 0.627. The summed E-state index contributed by atoms with van der Waals surface area (Å²) in [7, 11) is 0. The van der Waals surface area contributed by atoms with Crippen LogP contribution < -0.4 is 9.47 Å². The Kier molecular flexibility index (Phi) is 7.19. The Bertz CT molecular complexity index is 841. The number of hydrogen-bond donors (Lipinski definition) is 0. The molecular weight excluding hydrogens is 384 g/mol. The van der Waals surface area contributed by atoms with Crippen molar-refractivity contribution in [2.75, 3.05) is 13.2 Å². The SMILES string of the molecule is CC(C)OC(=O)COc1c2c(c(OCC(=O)OC(C)C)c3ccccc13)CCCC2. The molecule has 6 heteroatoms. The summed E-state index contributed by atoms with van der Waals surface area (Å²) in [5, 5.41) is 1.73. The number of benzene rings is 2. The minimum absolute atomic E-state index is 0.143. The second kappa shape index (κ2) is 9.83. The van der Waals surface area contributed by atoms with Crippen LogP contribution in [0.4, 0.5) is 0 Å². The van der Waals surface area contributed by atoms with Crippen molar-refractivity contribution in [3.8, 4) is 11.5 Å². The van der Waals surface area contributed by atoms with Crippen molar-refractivity contribution < 1.29 is 28.5 Å². The maximum absolute atomic E-state index is 12.0. The van der Waals surface area contributed by atoms with Crippen LogP contribution in [0, 0.1) is 0 Å². The van der Waals surface area contributed by atoms with Gasteiger partial charge in [0.25, 0.3) is 0 Å². The maximum atomic E-state index is 12.0. The van der Waals surface area contributed by atoms with E-state index in [0.29, 0.717) is 11.5 Å². The molecule has 0 bridgehead atoms. The molecule has 1 aliphatic carbocycles. The summed E-state index contributed by atoms with van der Waals surface area (Å²) < 4.78 is 22.4. The summed E-state index contributed by atoms with van der Waals surface area (Å²) in [6.45, 7) is 6.96. The predicted molar refractivity (Wildman–Crippen MR) is 114 cm³/mol. The van der Waals surface area contributed by atoms with Gasteiger partial charge in [-0.3, -0.25) is 0 Å². The molecule has 162 valence electrons. The Morgan fingerprint density at radius 2 is 1.17 bits per heavy atom. The van der Waals surface area contributed by atoms with Gasteiger partial charge >= 0.3 is 11.9 Å². The maximum Gasteiger partial charge on any atom is 0.344 e. The van der Waals surface area contributed by atoms with Crippen LogP contribution in [0.3, 0.4) is 0 Å². The highest BCUT2D eigenvalue weighted by Crippen LogP contribution is 2.44. The molecule has 0 heterocycles. The highest BCUT2D eigenvalue weighted by molar-refractivity contribution is 5.96. The smallest absolute Gasteiger partial charge is 0.344 e. The number of carbonyl (C=O) groups excluding carboxylic acids is 2. The third kappa shape index (κ3) is 5.23. The third-order valence-electron chi connectivity index (χ3n) is 4.84. The Morgan fingerprint density at radius 1 is 0.767 bits per heavy atom. The van der Waals surface area contributed by atoms with Crippen LogP contribution in [0.2, 0.25) is 0 Å². The first kappa shape index (κ1) is 21.9. The molecule has 0 spiro atoms. The van der Waals surface area contributed by atoms with E-state index in [4.69, 9.17) is 18.9 Å². The van der Waals surface area contributed by atoms with Crippen LogP contribution in [-0.4, -0.2) is 37.4 Å². The summed E-state index contributed by atoms with van der Waals surface area (Å²) >= 11 is 0. The van der Waals surface area contributed by atoms with Crippen molar-refractivity contribution in [3.05, 3.63) is 35.4 Å². The van der Waals surface area contributed by atoms with Gasteiger partial charge in [0.15, 0.2) is 13.2 Å². The Balaban J connectivity index is 1.96. The molecule has 2 aromatic rings. The molecular formula is C24H30O6. The average Bonchev–Trinajstić information content (AvgIpc) is 2.69. The van der Waals surface area contributed by atoms with Gasteiger partial charge in [-0.25, -0.2) is 9.59 Å². The molecule has 0 aliphatic heterocycles. The first-order valence-electron chi connectivity index (χ1n) is 10.6. The molecule has 0 saturated carbocycles. The van der Waals surface area contributed by atoms with Crippen LogP contribution in [-0.2, 0) is 31.9 Å². The number of hydrogen-bond acceptors (Lipinski definition) is 6. The second-order valence-corrected chi connectivity index (χ2v) is 8.02. The van der Waals surface area contributed by atoms with Crippen molar-refractivity contribution in [2.45, 2.75) is 65.6 Å². The van der Waals surface area contributed by atoms with Gasteiger partial charge in [-0.1, -0.05) is 24.3 Å². The largest absolute Gasteiger partial charge is 0.481 e. The molecule has 3 rings (SSSR count). The number of ether oxygens (including phenoxy) is 4. The lowest BCUT2D eigenvalue weighted by Gasteiger charge is -2.25. The molecule has 0 saturated heterocycles. The Labute approximate surface area is 177 Å². The highest BCUT2D eigenvalue weighted by atomic mass is 16.6. The van der Waals surface area contributed by atoms with Gasteiger partial charge in [-0.2, -0.15) is 0 Å². The first-order valence-corrected chi connectivity index (χ1v) is 10.6. The van der Waals surface area contributed by atoms with Crippen LogP contribution >= 0.6 is 0 Å². The van der Waals surface area contributed by atoms with Gasteiger partial charge in [0.05, 0.1) is 12.2 Å². The van der Waals surface area contributed by atoms with Gasteiger partial charge in [0.1, 0.15) is 11.5 Å². The molecule has 30 heavy (non-hydrogen) atoms. The molecule has 0 aromatic heterocycles. The molecule has 0 amide bonds. The standard InChI is InChI=1S/C24H30O6/c1-15(2)29-21(25)13-27-23-17-9-5-7-11-19(17)24(20-12-8-6-10-18(20)23)28-14-22(26)30-16(3)4/h5,7,9,11,15-16H,6,8,10,12-14H2,1-4H3. The molecule has 1 aliphatic rings. The zero-order valence-electron chi connectivity index (χ0n) is 18.2. The minimum Gasteiger partial charge on any atom is -0.481 e. The van der Waals surface area contributed by atoms with Crippen LogP contribution in [0.25, 0.3) is 10.8 Å². The normalized spacial score (nSPS) is 13.3. The fourth-order valence-corrected chi connectivity index (χ4v) is 3.80. The summed E-state index contributed by atoms with van der Waals surface area (Å²) in [6, 6.07) is 7.75. The van der Waals surface area contributed by atoms with Gasteiger partial charge < -0.3 is 18.9 Å². The van der Waals surface area contributed by atoms with E-state index in [-0.39, 0.29) is 25.4 Å². The molecule has 6 nitrogen and oxygen atoms in total. The van der Waals surface area contributed by atoms with E-state index in [1.807, 2.05) is 52.0 Å². The van der Waals surface area contributed by atoms with Crippen molar-refractivity contribution >= 4 is 22.7 Å². The summed E-state index contributed by atoms with van der Waals surface area (Å²) in [6.07, 6.45) is 3.37. The number of esters is 2. The van der Waals surface area contributed by atoms with Crippen molar-refractivity contribution in [1.82, 2.24) is 0 Å². The first-order chi connectivity index (χ1) is 14.4. The second-order valence-electron chi connectivity index (χ2n) is 8.02. The van der Waals surface area contributed by atoms with E-state index in [2.05, 4.69) is 0 Å². The lowest BCUT2D eigenvalue weighted by molar-refractivity contribution is -0.150. The van der Waals surface area contributed by atoms with E-state index >= 15 is 0 Å². The van der Waals surface area contributed by atoms with Gasteiger partial charge in [-0.15, -0.1) is 0 Å². The van der Waals surface area contributed by atoms with Gasteiger partial charge in [0.2, 0.25) is 0 Å². The zero-order chi connectivity index (χ0) is 21.7. The van der Waals surface area contributed by atoms with Gasteiger partial charge in [-0.05, 0) is 53.4 Å². The molecule has 0 atom stereocenters. The topological polar surface area (TPSA) is 71.1 Å². The van der Waals surface area contributed by atoms with Crippen LogP contribution in [0.15, 0.2) is 24.3 Å². The Morgan fingerprint density at radius 3 is 1.53 bits per heavy atom. The van der Waals surface area contributed by atoms with E-state index in [9.17, 15) is 9.59 Å². The molecule has 0 unspecified atom stereocenters. The molecule has 2 aromatic carbocycles. The average molecular weight is 414 g/mol. The van der Waals surface area contributed by atoms with Crippen molar-refractivity contribution in [2.24, 2.45) is 0 Å². The van der Waals surface area contributed by atoms with Crippen molar-refractivity contribution in [1.29, 1.82) is 0 Å². The predicted octanol–water partition coefficient (Wildman–Crippen LogP) is 4.38. The highest BCUT2D eigenvalue weighted by Gasteiger charge is 2.25. The minimum atomic E-state index is -0.393. The lowest BCUT2D eigenvalue weighted by Crippen LogP contribution is -2.21. The van der Waals surface area contributed by atoms with E-state index < -0.39 is 11.9 Å². The Hall–Kier alpha value is -2.76. The number of rotatable bonds is 8. The monoisotopic (exact) mass is 414 g/mol. The van der Waals surface area contributed by atoms with Gasteiger partial charge in [0, 0.05) is 21.9 Å². The van der Waals surface area contributed by atoms with Crippen LogP contribution in [0.1, 0.15) is 51.7 Å². The fourth-order valence-electron chi connectivity index (χ4n) is 3.80. The molecule has 0 radical (unpaired) electrons. The third-order valence-corrected chi connectivity index (χ3v) is 4.84. The van der Waals surface area contributed by atoms with Crippen LogP contribution in [0.5, 0.6) is 11.5 Å². The number of fused-ring (bicyclic) bond motifs is 2. The zero-order valence-corrected chi connectivity index (χ0v) is 18.2. The number of carbonyl (C=O) groups is 2. The van der Waals surface area contributed by atoms with E-state index in [1.54, 1.807) is 0 Å². The lowest BCUT2D eigenvalue weighted by atomic mass is 9.87.